The van der Waals surface area contributed by atoms with Gasteiger partial charge in [0.25, 0.3) is 0 Å². The minimum Gasteiger partial charge on any atom is -0.497 e. The maximum Gasteiger partial charge on any atom is 0.319 e. The lowest BCUT2D eigenvalue weighted by molar-refractivity contribution is 0.247. The van der Waals surface area contributed by atoms with E-state index in [0.29, 0.717) is 24.6 Å². The second-order valence-electron chi connectivity index (χ2n) is 5.21. The monoisotopic (exact) mass is 314 g/mol. The predicted octanol–water partition coefficient (Wildman–Crippen LogP) is 3.51. The first-order chi connectivity index (χ1) is 11.1. The lowest BCUT2D eigenvalue weighted by Crippen LogP contribution is -2.32. The summed E-state index contributed by atoms with van der Waals surface area (Å²) in [7, 11) is 1.59. The summed E-state index contributed by atoms with van der Waals surface area (Å²) in [6.07, 6.45) is 0. The highest BCUT2D eigenvalue weighted by Gasteiger charge is 2.03. The van der Waals surface area contributed by atoms with Gasteiger partial charge >= 0.3 is 6.03 Å². The summed E-state index contributed by atoms with van der Waals surface area (Å²) >= 11 is 0. The summed E-state index contributed by atoms with van der Waals surface area (Å²) in [4.78, 5) is 11.8. The summed E-state index contributed by atoms with van der Waals surface area (Å²) in [5.41, 5.74) is 3.09. The number of urea groups is 1. The van der Waals surface area contributed by atoms with Crippen molar-refractivity contribution in [3.8, 4) is 11.5 Å². The quantitative estimate of drug-likeness (QED) is 0.802. The molecular weight excluding hydrogens is 292 g/mol. The van der Waals surface area contributed by atoms with Gasteiger partial charge in [-0.3, -0.25) is 0 Å². The minimum absolute atomic E-state index is 0.276. The van der Waals surface area contributed by atoms with Gasteiger partial charge in [-0.05, 0) is 49.2 Å². The summed E-state index contributed by atoms with van der Waals surface area (Å²) in [5.74, 6) is 1.50. The van der Waals surface area contributed by atoms with E-state index in [-0.39, 0.29) is 6.03 Å². The molecule has 2 aromatic carbocycles. The molecule has 0 saturated carbocycles. The molecule has 0 unspecified atom stereocenters. The smallest absolute Gasteiger partial charge is 0.319 e. The Morgan fingerprint density at radius 1 is 1.04 bits per heavy atom. The van der Waals surface area contributed by atoms with Crippen molar-refractivity contribution < 1.29 is 14.3 Å². The molecule has 122 valence electrons. The molecule has 0 aliphatic carbocycles. The van der Waals surface area contributed by atoms with Crippen LogP contribution in [0.25, 0.3) is 0 Å². The fraction of sp³-hybridized carbons (Fsp3) is 0.278. The molecule has 2 N–H and O–H groups in total. The van der Waals surface area contributed by atoms with Crippen molar-refractivity contribution in [3.63, 3.8) is 0 Å². The lowest BCUT2D eigenvalue weighted by atomic mass is 10.1. The Kier molecular flexibility index (Phi) is 5.86. The van der Waals surface area contributed by atoms with E-state index in [2.05, 4.69) is 17.6 Å². The van der Waals surface area contributed by atoms with E-state index in [1.807, 2.05) is 37.3 Å². The van der Waals surface area contributed by atoms with Gasteiger partial charge in [0.2, 0.25) is 0 Å². The molecule has 2 rings (SSSR count). The van der Waals surface area contributed by atoms with Gasteiger partial charge in [0.15, 0.2) is 0 Å². The minimum atomic E-state index is -0.276. The van der Waals surface area contributed by atoms with Gasteiger partial charge in [-0.2, -0.15) is 0 Å². The SMILES string of the molecule is COc1cccc(NC(=O)NCCOc2ccc(C)c(C)c2)c1. The van der Waals surface area contributed by atoms with Gasteiger partial charge in [0.05, 0.1) is 13.7 Å². The van der Waals surface area contributed by atoms with Crippen molar-refractivity contribution in [1.82, 2.24) is 5.32 Å². The van der Waals surface area contributed by atoms with Crippen molar-refractivity contribution >= 4 is 11.7 Å². The zero-order chi connectivity index (χ0) is 16.7. The topological polar surface area (TPSA) is 59.6 Å². The zero-order valence-electron chi connectivity index (χ0n) is 13.7. The van der Waals surface area contributed by atoms with Crippen LogP contribution in [-0.4, -0.2) is 26.3 Å². The van der Waals surface area contributed by atoms with Crippen LogP contribution in [0.15, 0.2) is 42.5 Å². The molecule has 0 aliphatic heterocycles. The molecule has 2 amide bonds. The molecule has 0 bridgehead atoms. The zero-order valence-corrected chi connectivity index (χ0v) is 13.7. The average Bonchev–Trinajstić information content (AvgIpc) is 2.55. The summed E-state index contributed by atoms with van der Waals surface area (Å²) in [6.45, 7) is 4.93. The normalized spacial score (nSPS) is 10.0. The molecule has 0 aromatic heterocycles. The number of benzene rings is 2. The Morgan fingerprint density at radius 2 is 1.87 bits per heavy atom. The van der Waals surface area contributed by atoms with Crippen LogP contribution in [0, 0.1) is 13.8 Å². The molecule has 0 saturated heterocycles. The number of rotatable bonds is 6. The van der Waals surface area contributed by atoms with E-state index in [1.165, 1.54) is 11.1 Å². The third-order valence-electron chi connectivity index (χ3n) is 3.46. The third-order valence-corrected chi connectivity index (χ3v) is 3.46. The Morgan fingerprint density at radius 3 is 2.61 bits per heavy atom. The number of hydrogen-bond donors (Lipinski definition) is 2. The van der Waals surface area contributed by atoms with Gasteiger partial charge in [-0.1, -0.05) is 12.1 Å². The van der Waals surface area contributed by atoms with Crippen LogP contribution >= 0.6 is 0 Å². The van der Waals surface area contributed by atoms with Crippen LogP contribution in [0.1, 0.15) is 11.1 Å². The van der Waals surface area contributed by atoms with Gasteiger partial charge < -0.3 is 20.1 Å². The number of amides is 2. The van der Waals surface area contributed by atoms with Crippen molar-refractivity contribution in [2.45, 2.75) is 13.8 Å². The van der Waals surface area contributed by atoms with Crippen LogP contribution in [0.4, 0.5) is 10.5 Å². The molecule has 0 heterocycles. The lowest BCUT2D eigenvalue weighted by Gasteiger charge is -2.10. The fourth-order valence-corrected chi connectivity index (χ4v) is 2.01. The third kappa shape index (κ3) is 5.21. The first-order valence-corrected chi connectivity index (χ1v) is 7.47. The molecular formula is C18H22N2O3. The molecule has 0 fully saturated rings. The number of hydrogen-bond acceptors (Lipinski definition) is 3. The largest absolute Gasteiger partial charge is 0.497 e. The molecule has 5 nitrogen and oxygen atoms in total. The Bertz CT molecular complexity index is 671. The molecule has 0 aliphatic rings. The molecule has 0 radical (unpaired) electrons. The number of aryl methyl sites for hydroxylation is 2. The van der Waals surface area contributed by atoms with Crippen LogP contribution < -0.4 is 20.1 Å². The van der Waals surface area contributed by atoms with Gasteiger partial charge in [-0.15, -0.1) is 0 Å². The second kappa shape index (κ2) is 8.08. The first kappa shape index (κ1) is 16.7. The van der Waals surface area contributed by atoms with E-state index in [9.17, 15) is 4.79 Å². The number of methoxy groups -OCH3 is 1. The van der Waals surface area contributed by atoms with E-state index in [0.717, 1.165) is 5.75 Å². The molecule has 2 aromatic rings. The Hall–Kier alpha value is -2.69. The van der Waals surface area contributed by atoms with Crippen molar-refractivity contribution in [3.05, 3.63) is 53.6 Å². The van der Waals surface area contributed by atoms with E-state index >= 15 is 0 Å². The summed E-state index contributed by atoms with van der Waals surface area (Å²) < 4.78 is 10.7. The number of carbonyl (C=O) groups excluding carboxylic acids is 1. The first-order valence-electron chi connectivity index (χ1n) is 7.47. The van der Waals surface area contributed by atoms with E-state index < -0.39 is 0 Å². The van der Waals surface area contributed by atoms with Gasteiger partial charge in [0, 0.05) is 11.8 Å². The van der Waals surface area contributed by atoms with Crippen LogP contribution in [0.2, 0.25) is 0 Å². The van der Waals surface area contributed by atoms with E-state index in [1.54, 1.807) is 19.2 Å². The van der Waals surface area contributed by atoms with Crippen molar-refractivity contribution in [2.24, 2.45) is 0 Å². The number of carbonyl (C=O) groups is 1. The highest BCUT2D eigenvalue weighted by molar-refractivity contribution is 5.89. The highest BCUT2D eigenvalue weighted by atomic mass is 16.5. The highest BCUT2D eigenvalue weighted by Crippen LogP contribution is 2.17. The maximum atomic E-state index is 11.8. The fourth-order valence-electron chi connectivity index (χ4n) is 2.01. The molecule has 5 heteroatoms. The van der Waals surface area contributed by atoms with Crippen molar-refractivity contribution in [1.29, 1.82) is 0 Å². The number of anilines is 1. The summed E-state index contributed by atoms with van der Waals surface area (Å²) in [5, 5.41) is 5.50. The Labute approximate surface area is 136 Å². The second-order valence-corrected chi connectivity index (χ2v) is 5.21. The standard InChI is InChI=1S/C18H22N2O3/c1-13-7-8-17(11-14(13)2)23-10-9-19-18(21)20-15-5-4-6-16(12-15)22-3/h4-8,11-12H,9-10H2,1-3H3,(H2,19,20,21). The van der Waals surface area contributed by atoms with Crippen LogP contribution in [0.3, 0.4) is 0 Å². The molecule has 0 spiro atoms. The van der Waals surface area contributed by atoms with Crippen LogP contribution in [-0.2, 0) is 0 Å². The summed E-state index contributed by atoms with van der Waals surface area (Å²) in [6, 6.07) is 12.9. The molecule has 0 atom stereocenters. The average molecular weight is 314 g/mol. The Balaban J connectivity index is 1.73. The van der Waals surface area contributed by atoms with Gasteiger partial charge in [-0.25, -0.2) is 4.79 Å². The number of nitrogens with one attached hydrogen (secondary N) is 2. The van der Waals surface area contributed by atoms with E-state index in [4.69, 9.17) is 9.47 Å². The maximum absolute atomic E-state index is 11.8. The predicted molar refractivity (Wildman–Crippen MR) is 91.4 cm³/mol. The van der Waals surface area contributed by atoms with Crippen molar-refractivity contribution in [2.75, 3.05) is 25.6 Å². The molecule has 23 heavy (non-hydrogen) atoms. The van der Waals surface area contributed by atoms with Gasteiger partial charge in [0.1, 0.15) is 18.1 Å². The number of ether oxygens (including phenoxy) is 2. The van der Waals surface area contributed by atoms with Crippen LogP contribution in [0.5, 0.6) is 11.5 Å².